The van der Waals surface area contributed by atoms with Gasteiger partial charge in [-0.05, 0) is 25.7 Å². The maximum Gasteiger partial charge on any atom is 0.230 e. The number of nitrogens with zero attached hydrogens (tertiary/aromatic N) is 1. The summed E-state index contributed by atoms with van der Waals surface area (Å²) < 4.78 is 5.34. The lowest BCUT2D eigenvalue weighted by Crippen LogP contribution is -2.50. The standard InChI is InChI=1S/C13H24N2O2/c1-15(11-4-8-17-9-5-11)12(16)13(10-14)6-2-3-7-13/h11H,2-10,14H2,1H3. The third-order valence-corrected chi connectivity index (χ3v) is 4.46. The van der Waals surface area contributed by atoms with E-state index in [1.165, 1.54) is 0 Å². The molecule has 0 aromatic carbocycles. The molecule has 1 aliphatic heterocycles. The highest BCUT2D eigenvalue weighted by molar-refractivity contribution is 5.83. The van der Waals surface area contributed by atoms with E-state index >= 15 is 0 Å². The summed E-state index contributed by atoms with van der Waals surface area (Å²) in [5.74, 6) is 0.268. The average molecular weight is 240 g/mol. The Labute approximate surface area is 103 Å². The zero-order valence-electron chi connectivity index (χ0n) is 10.8. The average Bonchev–Trinajstić information content (AvgIpc) is 2.88. The van der Waals surface area contributed by atoms with Gasteiger partial charge in [-0.15, -0.1) is 0 Å². The lowest BCUT2D eigenvalue weighted by atomic mass is 9.84. The van der Waals surface area contributed by atoms with Crippen LogP contribution in [0.2, 0.25) is 0 Å². The first-order valence-corrected chi connectivity index (χ1v) is 6.75. The second kappa shape index (κ2) is 5.36. The molecule has 0 unspecified atom stereocenters. The lowest BCUT2D eigenvalue weighted by Gasteiger charge is -2.37. The number of rotatable bonds is 3. The lowest BCUT2D eigenvalue weighted by molar-refractivity contribution is -0.143. The highest BCUT2D eigenvalue weighted by atomic mass is 16.5. The van der Waals surface area contributed by atoms with E-state index in [-0.39, 0.29) is 11.3 Å². The molecule has 2 aliphatic rings. The molecule has 0 aromatic rings. The van der Waals surface area contributed by atoms with Crippen molar-refractivity contribution in [2.45, 2.75) is 44.6 Å². The van der Waals surface area contributed by atoms with Gasteiger partial charge in [0, 0.05) is 32.8 Å². The van der Waals surface area contributed by atoms with Gasteiger partial charge < -0.3 is 15.4 Å². The Balaban J connectivity index is 2.02. The van der Waals surface area contributed by atoms with Gasteiger partial charge in [0.25, 0.3) is 0 Å². The minimum atomic E-state index is -0.257. The Morgan fingerprint density at radius 2 is 1.94 bits per heavy atom. The van der Waals surface area contributed by atoms with Gasteiger partial charge in [-0.1, -0.05) is 12.8 Å². The van der Waals surface area contributed by atoms with E-state index in [2.05, 4.69) is 0 Å². The summed E-state index contributed by atoms with van der Waals surface area (Å²) in [6.07, 6.45) is 6.15. The largest absolute Gasteiger partial charge is 0.381 e. The van der Waals surface area contributed by atoms with E-state index in [4.69, 9.17) is 10.5 Å². The van der Waals surface area contributed by atoms with Crippen molar-refractivity contribution in [3.8, 4) is 0 Å². The van der Waals surface area contributed by atoms with Crippen molar-refractivity contribution in [2.75, 3.05) is 26.8 Å². The molecule has 1 aliphatic carbocycles. The molecular formula is C13H24N2O2. The van der Waals surface area contributed by atoms with Gasteiger partial charge in [-0.2, -0.15) is 0 Å². The topological polar surface area (TPSA) is 55.6 Å². The zero-order chi connectivity index (χ0) is 12.3. The van der Waals surface area contributed by atoms with Crippen LogP contribution in [0.1, 0.15) is 38.5 Å². The van der Waals surface area contributed by atoms with E-state index in [1.54, 1.807) is 0 Å². The van der Waals surface area contributed by atoms with Crippen LogP contribution in [0.25, 0.3) is 0 Å². The third kappa shape index (κ3) is 2.47. The second-order valence-corrected chi connectivity index (χ2v) is 5.45. The molecule has 1 saturated heterocycles. The summed E-state index contributed by atoms with van der Waals surface area (Å²) in [5, 5.41) is 0. The molecule has 1 saturated carbocycles. The normalized spacial score (nSPS) is 24.8. The summed E-state index contributed by atoms with van der Waals surface area (Å²) >= 11 is 0. The van der Waals surface area contributed by atoms with Crippen molar-refractivity contribution in [1.29, 1.82) is 0 Å². The van der Waals surface area contributed by atoms with Crippen LogP contribution in [-0.4, -0.2) is 43.7 Å². The molecule has 1 heterocycles. The Bertz CT molecular complexity index is 269. The Morgan fingerprint density at radius 3 is 2.47 bits per heavy atom. The fourth-order valence-electron chi connectivity index (χ4n) is 3.17. The van der Waals surface area contributed by atoms with E-state index in [9.17, 15) is 4.79 Å². The molecule has 2 fully saturated rings. The monoisotopic (exact) mass is 240 g/mol. The predicted octanol–water partition coefficient (Wildman–Crippen LogP) is 1.14. The van der Waals surface area contributed by atoms with Gasteiger partial charge in [0.1, 0.15) is 0 Å². The van der Waals surface area contributed by atoms with Gasteiger partial charge in [-0.3, -0.25) is 4.79 Å². The van der Waals surface area contributed by atoms with Crippen LogP contribution in [0.5, 0.6) is 0 Å². The number of hydrogen-bond acceptors (Lipinski definition) is 3. The van der Waals surface area contributed by atoms with Crippen LogP contribution in [0.3, 0.4) is 0 Å². The summed E-state index contributed by atoms with van der Waals surface area (Å²) in [7, 11) is 1.94. The van der Waals surface area contributed by atoms with Crippen molar-refractivity contribution < 1.29 is 9.53 Å². The van der Waals surface area contributed by atoms with Crippen molar-refractivity contribution in [3.05, 3.63) is 0 Å². The minimum absolute atomic E-state index is 0.257. The zero-order valence-corrected chi connectivity index (χ0v) is 10.8. The molecular weight excluding hydrogens is 216 g/mol. The molecule has 17 heavy (non-hydrogen) atoms. The number of carbonyl (C=O) groups is 1. The SMILES string of the molecule is CN(C(=O)C1(CN)CCCC1)C1CCOCC1. The molecule has 0 bridgehead atoms. The molecule has 98 valence electrons. The molecule has 4 heteroatoms. The first kappa shape index (κ1) is 12.8. The number of nitrogens with two attached hydrogens (primary N) is 1. The maximum absolute atomic E-state index is 12.6. The highest BCUT2D eigenvalue weighted by Crippen LogP contribution is 2.39. The van der Waals surface area contributed by atoms with Gasteiger partial charge >= 0.3 is 0 Å². The summed E-state index contributed by atoms with van der Waals surface area (Å²) in [6, 6.07) is 0.347. The number of amides is 1. The molecule has 4 nitrogen and oxygen atoms in total. The van der Waals surface area contributed by atoms with E-state index in [1.807, 2.05) is 11.9 Å². The van der Waals surface area contributed by atoms with E-state index in [0.717, 1.165) is 51.7 Å². The summed E-state index contributed by atoms with van der Waals surface area (Å²) in [5.41, 5.74) is 5.61. The van der Waals surface area contributed by atoms with Gasteiger partial charge in [0.15, 0.2) is 0 Å². The smallest absolute Gasteiger partial charge is 0.230 e. The quantitative estimate of drug-likeness (QED) is 0.805. The number of ether oxygens (including phenoxy) is 1. The van der Waals surface area contributed by atoms with Crippen LogP contribution in [-0.2, 0) is 9.53 Å². The Kier molecular flexibility index (Phi) is 4.05. The molecule has 0 atom stereocenters. The first-order chi connectivity index (χ1) is 8.19. The van der Waals surface area contributed by atoms with Crippen LogP contribution in [0.15, 0.2) is 0 Å². The highest BCUT2D eigenvalue weighted by Gasteiger charge is 2.42. The van der Waals surface area contributed by atoms with Crippen LogP contribution in [0.4, 0.5) is 0 Å². The molecule has 1 amide bonds. The fraction of sp³-hybridized carbons (Fsp3) is 0.923. The van der Waals surface area contributed by atoms with Crippen LogP contribution < -0.4 is 5.73 Å². The van der Waals surface area contributed by atoms with E-state index in [0.29, 0.717) is 12.6 Å². The Hall–Kier alpha value is -0.610. The molecule has 0 radical (unpaired) electrons. The number of hydrogen-bond donors (Lipinski definition) is 1. The van der Waals surface area contributed by atoms with Crippen molar-refractivity contribution >= 4 is 5.91 Å². The van der Waals surface area contributed by atoms with Gasteiger partial charge in [0.2, 0.25) is 5.91 Å². The fourth-order valence-corrected chi connectivity index (χ4v) is 3.17. The first-order valence-electron chi connectivity index (χ1n) is 6.75. The number of carbonyl (C=O) groups excluding carboxylic acids is 1. The van der Waals surface area contributed by atoms with Crippen molar-refractivity contribution in [1.82, 2.24) is 4.90 Å². The predicted molar refractivity (Wildman–Crippen MR) is 66.6 cm³/mol. The van der Waals surface area contributed by atoms with Gasteiger partial charge in [-0.25, -0.2) is 0 Å². The van der Waals surface area contributed by atoms with Crippen LogP contribution in [0, 0.1) is 5.41 Å². The summed E-state index contributed by atoms with van der Waals surface area (Å²) in [6.45, 7) is 2.05. The Morgan fingerprint density at radius 1 is 1.35 bits per heavy atom. The van der Waals surface area contributed by atoms with Crippen LogP contribution >= 0.6 is 0 Å². The third-order valence-electron chi connectivity index (χ3n) is 4.46. The molecule has 2 N–H and O–H groups in total. The second-order valence-electron chi connectivity index (χ2n) is 5.45. The molecule has 0 spiro atoms. The van der Waals surface area contributed by atoms with Gasteiger partial charge in [0.05, 0.1) is 5.41 Å². The summed E-state index contributed by atoms with van der Waals surface area (Å²) in [4.78, 5) is 14.5. The van der Waals surface area contributed by atoms with E-state index < -0.39 is 0 Å². The maximum atomic E-state index is 12.6. The molecule has 2 rings (SSSR count). The molecule has 0 aromatic heterocycles. The minimum Gasteiger partial charge on any atom is -0.381 e. The van der Waals surface area contributed by atoms with Crippen molar-refractivity contribution in [3.63, 3.8) is 0 Å². The van der Waals surface area contributed by atoms with Crippen molar-refractivity contribution in [2.24, 2.45) is 11.1 Å².